The van der Waals surface area contributed by atoms with Gasteiger partial charge in [-0.25, -0.2) is 4.79 Å². The maximum Gasteiger partial charge on any atom is 0.346 e. The average molecular weight is 298 g/mol. The monoisotopic (exact) mass is 298 g/mol. The fourth-order valence-electron chi connectivity index (χ4n) is 2.21. The smallest absolute Gasteiger partial charge is 0.346 e. The van der Waals surface area contributed by atoms with Crippen LogP contribution in [0, 0.1) is 0 Å². The molecule has 0 saturated carbocycles. The Kier molecular flexibility index (Phi) is 5.31. The molecule has 0 amide bonds. The molecule has 0 aliphatic rings. The topological polar surface area (TPSA) is 52.6 Å². The second-order valence-corrected chi connectivity index (χ2v) is 4.86. The Labute approximate surface area is 129 Å². The Morgan fingerprint density at radius 3 is 1.68 bits per heavy atom. The Morgan fingerprint density at radius 1 is 0.818 bits per heavy atom. The summed E-state index contributed by atoms with van der Waals surface area (Å²) in [5.41, 5.74) is 1.63. The lowest BCUT2D eigenvalue weighted by Crippen LogP contribution is -2.28. The molecule has 0 bridgehead atoms. The molecule has 0 radical (unpaired) electrons. The first-order valence-electron chi connectivity index (χ1n) is 7.01. The van der Waals surface area contributed by atoms with Gasteiger partial charge in [0, 0.05) is 0 Å². The first-order chi connectivity index (χ1) is 10.6. The molecule has 2 aromatic rings. The first kappa shape index (κ1) is 15.8. The van der Waals surface area contributed by atoms with Crippen LogP contribution in [0.2, 0.25) is 0 Å². The van der Waals surface area contributed by atoms with Crippen LogP contribution in [0.25, 0.3) is 0 Å². The Morgan fingerprint density at radius 2 is 1.27 bits per heavy atom. The molecule has 2 rings (SSSR count). The molecular formula is C18H18O4. The maximum atomic E-state index is 12.5. The molecule has 0 aromatic heterocycles. The largest absolute Gasteiger partial charge is 0.466 e. The fraction of sp³-hybridized carbons (Fsp3) is 0.222. The van der Waals surface area contributed by atoms with Gasteiger partial charge < -0.3 is 9.47 Å². The molecule has 4 heteroatoms. The first-order valence-corrected chi connectivity index (χ1v) is 7.01. The van der Waals surface area contributed by atoms with Gasteiger partial charge in [0.1, 0.15) is 5.92 Å². The summed E-state index contributed by atoms with van der Waals surface area (Å²) in [5.74, 6) is -1.63. The van der Waals surface area contributed by atoms with Gasteiger partial charge in [-0.05, 0) is 18.1 Å². The molecule has 0 N–H and O–H groups in total. The zero-order valence-corrected chi connectivity index (χ0v) is 12.6. The minimum absolute atomic E-state index is 0.477. The van der Waals surface area contributed by atoms with Crippen LogP contribution in [0.15, 0.2) is 60.7 Å². The molecule has 22 heavy (non-hydrogen) atoms. The number of esters is 2. The van der Waals surface area contributed by atoms with Crippen molar-refractivity contribution in [2.75, 3.05) is 7.11 Å². The highest BCUT2D eigenvalue weighted by Crippen LogP contribution is 2.26. The Hall–Kier alpha value is -2.62. The van der Waals surface area contributed by atoms with Crippen LogP contribution in [0.3, 0.4) is 0 Å². The number of methoxy groups -OCH3 is 1. The SMILES string of the molecule is COC(=O)[C@@H](C)OC(=O)C(c1ccccc1)c1ccccc1. The number of hydrogen-bond acceptors (Lipinski definition) is 4. The molecule has 0 fully saturated rings. The number of benzene rings is 2. The standard InChI is InChI=1S/C18H18O4/c1-13(17(19)21-2)22-18(20)16(14-9-5-3-6-10-14)15-11-7-4-8-12-15/h3-13,16H,1-2H3/t13-/m1/s1. The van der Waals surface area contributed by atoms with E-state index in [2.05, 4.69) is 4.74 Å². The van der Waals surface area contributed by atoms with Gasteiger partial charge in [-0.2, -0.15) is 0 Å². The zero-order chi connectivity index (χ0) is 15.9. The van der Waals surface area contributed by atoms with E-state index in [9.17, 15) is 9.59 Å². The predicted octanol–water partition coefficient (Wildman–Crippen LogP) is 2.92. The number of ether oxygens (including phenoxy) is 2. The van der Waals surface area contributed by atoms with E-state index in [0.717, 1.165) is 11.1 Å². The van der Waals surface area contributed by atoms with Crippen molar-refractivity contribution in [3.8, 4) is 0 Å². The Balaban J connectivity index is 2.29. The van der Waals surface area contributed by atoms with Crippen molar-refractivity contribution < 1.29 is 19.1 Å². The van der Waals surface area contributed by atoms with E-state index in [-0.39, 0.29) is 0 Å². The van der Waals surface area contributed by atoms with Gasteiger partial charge >= 0.3 is 11.9 Å². The summed E-state index contributed by atoms with van der Waals surface area (Å²) in [5, 5.41) is 0. The zero-order valence-electron chi connectivity index (χ0n) is 12.6. The summed E-state index contributed by atoms with van der Waals surface area (Å²) in [6, 6.07) is 18.7. The molecule has 0 unspecified atom stereocenters. The molecule has 1 atom stereocenters. The van der Waals surface area contributed by atoms with Gasteiger partial charge in [-0.15, -0.1) is 0 Å². The van der Waals surface area contributed by atoms with Crippen molar-refractivity contribution in [3.05, 3.63) is 71.8 Å². The summed E-state index contributed by atoms with van der Waals surface area (Å²) >= 11 is 0. The third-order valence-electron chi connectivity index (χ3n) is 3.33. The summed E-state index contributed by atoms with van der Waals surface area (Å²) in [6.45, 7) is 1.50. The van der Waals surface area contributed by atoms with Gasteiger partial charge in [-0.1, -0.05) is 60.7 Å². The minimum atomic E-state index is -0.938. The van der Waals surface area contributed by atoms with Crippen LogP contribution in [-0.2, 0) is 19.1 Å². The maximum absolute atomic E-state index is 12.5. The number of carbonyl (C=O) groups is 2. The van der Waals surface area contributed by atoms with Gasteiger partial charge in [-0.3, -0.25) is 4.79 Å². The van der Waals surface area contributed by atoms with Gasteiger partial charge in [0.25, 0.3) is 0 Å². The van der Waals surface area contributed by atoms with Crippen molar-refractivity contribution in [3.63, 3.8) is 0 Å². The lowest BCUT2D eigenvalue weighted by Gasteiger charge is -2.19. The summed E-state index contributed by atoms with van der Waals surface area (Å²) in [6.07, 6.45) is -0.938. The third-order valence-corrected chi connectivity index (χ3v) is 3.33. The molecule has 0 heterocycles. The highest BCUT2D eigenvalue weighted by atomic mass is 16.6. The summed E-state index contributed by atoms with van der Waals surface area (Å²) < 4.78 is 9.85. The van der Waals surface area contributed by atoms with Crippen LogP contribution in [-0.4, -0.2) is 25.2 Å². The van der Waals surface area contributed by atoms with E-state index in [1.54, 1.807) is 0 Å². The van der Waals surface area contributed by atoms with Crippen molar-refractivity contribution in [1.82, 2.24) is 0 Å². The van der Waals surface area contributed by atoms with Crippen LogP contribution in [0.1, 0.15) is 24.0 Å². The normalized spacial score (nSPS) is 11.8. The van der Waals surface area contributed by atoms with E-state index in [0.29, 0.717) is 0 Å². The van der Waals surface area contributed by atoms with Crippen molar-refractivity contribution >= 4 is 11.9 Å². The molecule has 0 spiro atoms. The van der Waals surface area contributed by atoms with Gasteiger partial charge in [0.05, 0.1) is 7.11 Å². The van der Waals surface area contributed by atoms with Crippen molar-refractivity contribution in [2.24, 2.45) is 0 Å². The quantitative estimate of drug-likeness (QED) is 0.796. The Bertz CT molecular complexity index is 583. The number of rotatable bonds is 5. The van der Waals surface area contributed by atoms with Gasteiger partial charge in [0.15, 0.2) is 6.10 Å². The van der Waals surface area contributed by atoms with E-state index >= 15 is 0 Å². The van der Waals surface area contributed by atoms with E-state index in [4.69, 9.17) is 4.74 Å². The second-order valence-electron chi connectivity index (χ2n) is 4.86. The molecule has 0 saturated heterocycles. The molecule has 2 aromatic carbocycles. The molecule has 0 aliphatic heterocycles. The second kappa shape index (κ2) is 7.41. The molecule has 114 valence electrons. The van der Waals surface area contributed by atoms with Crippen molar-refractivity contribution in [1.29, 1.82) is 0 Å². The van der Waals surface area contributed by atoms with Crippen LogP contribution < -0.4 is 0 Å². The van der Waals surface area contributed by atoms with Crippen molar-refractivity contribution in [2.45, 2.75) is 18.9 Å². The minimum Gasteiger partial charge on any atom is -0.466 e. The highest BCUT2D eigenvalue weighted by Gasteiger charge is 2.27. The van der Waals surface area contributed by atoms with Crippen LogP contribution in [0.5, 0.6) is 0 Å². The summed E-state index contributed by atoms with van der Waals surface area (Å²) in [4.78, 5) is 24.0. The third kappa shape index (κ3) is 3.73. The van der Waals surface area contributed by atoms with Crippen LogP contribution >= 0.6 is 0 Å². The summed E-state index contributed by atoms with van der Waals surface area (Å²) in [7, 11) is 1.26. The van der Waals surface area contributed by atoms with Crippen LogP contribution in [0.4, 0.5) is 0 Å². The number of hydrogen-bond donors (Lipinski definition) is 0. The van der Waals surface area contributed by atoms with Gasteiger partial charge in [0.2, 0.25) is 0 Å². The lowest BCUT2D eigenvalue weighted by atomic mass is 9.91. The molecule has 4 nitrogen and oxygen atoms in total. The van der Waals surface area contributed by atoms with E-state index < -0.39 is 24.0 Å². The average Bonchev–Trinajstić information content (AvgIpc) is 2.56. The molecule has 0 aliphatic carbocycles. The fourth-order valence-corrected chi connectivity index (χ4v) is 2.21. The van der Waals surface area contributed by atoms with E-state index in [1.165, 1.54) is 14.0 Å². The highest BCUT2D eigenvalue weighted by molar-refractivity contribution is 5.85. The predicted molar refractivity (Wildman–Crippen MR) is 82.3 cm³/mol. The molecular weight excluding hydrogens is 280 g/mol. The lowest BCUT2D eigenvalue weighted by molar-refractivity contribution is -0.165. The van der Waals surface area contributed by atoms with E-state index in [1.807, 2.05) is 60.7 Å². The number of carbonyl (C=O) groups excluding carboxylic acids is 2.